The number of hydrogen-bond acceptors (Lipinski definition) is 11. The molecule has 3 aromatic rings. The number of thiazole rings is 1. The molecular weight excluding hydrogens is 520 g/mol. The number of rotatable bonds is 7. The van der Waals surface area contributed by atoms with E-state index in [0.29, 0.717) is 16.5 Å². The fourth-order valence-corrected chi connectivity index (χ4v) is 6.21. The van der Waals surface area contributed by atoms with Crippen LogP contribution < -0.4 is 20.7 Å². The summed E-state index contributed by atoms with van der Waals surface area (Å²) < 4.78 is 1.80. The molecule has 0 bridgehead atoms. The number of carbonyl (C=O) groups is 3. The number of nitrogens with zero attached hydrogens (tertiary/aromatic N) is 4. The summed E-state index contributed by atoms with van der Waals surface area (Å²) >= 11 is 2.44. The number of aliphatic carboxylic acids is 1. The van der Waals surface area contributed by atoms with E-state index in [0.717, 1.165) is 16.2 Å². The van der Waals surface area contributed by atoms with Gasteiger partial charge in [0.05, 0.1) is 17.1 Å². The van der Waals surface area contributed by atoms with Crippen LogP contribution >= 0.6 is 23.1 Å². The molecule has 0 radical (unpaired) electrons. The Kier molecular flexibility index (Phi) is 6.43. The van der Waals surface area contributed by atoms with Crippen LogP contribution in [0.25, 0.3) is 10.9 Å². The van der Waals surface area contributed by atoms with Crippen LogP contribution in [0.2, 0.25) is 0 Å². The number of phenolic OH excluding ortho intramolecular Hbond substituents is 1. The van der Waals surface area contributed by atoms with Gasteiger partial charge in [0, 0.05) is 28.8 Å². The molecule has 0 saturated carbocycles. The predicted octanol–water partition coefficient (Wildman–Crippen LogP) is -0.674. The van der Waals surface area contributed by atoms with Gasteiger partial charge in [-0.05, 0) is 12.1 Å². The molecule has 1 fully saturated rings. The normalized spacial score (nSPS) is 19.4. The molecule has 1 saturated heterocycles. The third kappa shape index (κ3) is 4.34. The summed E-state index contributed by atoms with van der Waals surface area (Å²) in [7, 11) is 1.27. The average molecular weight is 541 g/mol. The third-order valence-corrected chi connectivity index (χ3v) is 7.96. The maximum Gasteiger partial charge on any atom is 0.276 e. The van der Waals surface area contributed by atoms with Gasteiger partial charge in [-0.2, -0.15) is 4.57 Å². The van der Waals surface area contributed by atoms with E-state index in [1.54, 1.807) is 35.0 Å². The first-order valence-electron chi connectivity index (χ1n) is 10.9. The first-order valence-corrected chi connectivity index (χ1v) is 12.8. The lowest BCUT2D eigenvalue weighted by molar-refractivity contribution is -0.663. The Morgan fingerprint density at radius 3 is 2.89 bits per heavy atom. The minimum absolute atomic E-state index is 0.104. The van der Waals surface area contributed by atoms with Gasteiger partial charge in [-0.1, -0.05) is 11.2 Å². The summed E-state index contributed by atoms with van der Waals surface area (Å²) in [6.07, 6.45) is 1.77. The minimum Gasteiger partial charge on any atom is -0.543 e. The molecule has 1 unspecified atom stereocenters. The standard InChI is InChI=1S/C23H20N6O6S2/c1-35-27-16(13-10-37-23(24)25-13)19(31)26-17-20(32)29-18(22(33)34)11(9-36-21(17)29)8-28-7-3-4-12-14(28)5-2-6-15(12)30/h2-7,10,17,21H,8-9H2,1H3,(H4,24,25,26,31,33,34)/b27-16-/t17?,21-/m1/s1. The molecule has 1 aromatic carbocycles. The molecule has 4 heterocycles. The highest BCUT2D eigenvalue weighted by molar-refractivity contribution is 8.00. The molecule has 5 rings (SSSR count). The molecular formula is C23H20N6O6S2. The maximum absolute atomic E-state index is 13.1. The first kappa shape index (κ1) is 24.5. The molecule has 2 amide bonds. The van der Waals surface area contributed by atoms with E-state index in [-0.39, 0.29) is 40.3 Å². The summed E-state index contributed by atoms with van der Waals surface area (Å²) in [6.45, 7) is 0.167. The van der Waals surface area contributed by atoms with Crippen LogP contribution in [-0.4, -0.2) is 62.8 Å². The Hall–Kier alpha value is -4.17. The fraction of sp³-hybridized carbons (Fsp3) is 0.217. The van der Waals surface area contributed by atoms with Crippen LogP contribution in [0.15, 0.2) is 58.3 Å². The number of phenols is 1. The van der Waals surface area contributed by atoms with Crippen molar-refractivity contribution < 1.29 is 34.0 Å². The zero-order valence-electron chi connectivity index (χ0n) is 19.3. The number of hydrogen-bond donors (Lipinski definition) is 3. The highest BCUT2D eigenvalue weighted by Crippen LogP contribution is 2.40. The second-order valence-corrected chi connectivity index (χ2v) is 10.1. The van der Waals surface area contributed by atoms with Crippen molar-refractivity contribution in [3.63, 3.8) is 0 Å². The van der Waals surface area contributed by atoms with Gasteiger partial charge in [-0.15, -0.1) is 23.1 Å². The summed E-state index contributed by atoms with van der Waals surface area (Å²) in [4.78, 5) is 48.0. The van der Waals surface area contributed by atoms with Gasteiger partial charge in [0.15, 0.2) is 23.6 Å². The largest absolute Gasteiger partial charge is 0.543 e. The second kappa shape index (κ2) is 9.71. The number of thioether (sulfide) groups is 1. The SMILES string of the molecule is CO/N=C(\C(=O)NC1C(=O)N2C(C(=O)[O-])=C(C[n+]3cccc4c(O)cccc43)CS[C@H]12)c1csc(N)n1. The number of carboxylic acid groups (broad SMARTS) is 1. The number of carboxylic acids is 1. The molecule has 2 aliphatic heterocycles. The first-order chi connectivity index (χ1) is 17.8. The summed E-state index contributed by atoms with van der Waals surface area (Å²) in [6, 6.07) is 7.60. The van der Waals surface area contributed by atoms with Crippen LogP contribution in [0.3, 0.4) is 0 Å². The lowest BCUT2D eigenvalue weighted by Gasteiger charge is -2.50. The topological polar surface area (TPSA) is 174 Å². The number of amides is 2. The second-order valence-electron chi connectivity index (χ2n) is 8.14. The maximum atomic E-state index is 13.1. The van der Waals surface area contributed by atoms with E-state index < -0.39 is 29.2 Å². The van der Waals surface area contributed by atoms with Gasteiger partial charge in [0.25, 0.3) is 11.8 Å². The van der Waals surface area contributed by atoms with E-state index in [1.165, 1.54) is 24.3 Å². The molecule has 37 heavy (non-hydrogen) atoms. The molecule has 190 valence electrons. The minimum atomic E-state index is -1.48. The van der Waals surface area contributed by atoms with E-state index in [4.69, 9.17) is 10.6 Å². The summed E-state index contributed by atoms with van der Waals surface area (Å²) in [5, 5.41) is 30.4. The van der Waals surface area contributed by atoms with Crippen molar-refractivity contribution in [3.8, 4) is 5.75 Å². The third-order valence-electron chi connectivity index (χ3n) is 5.95. The van der Waals surface area contributed by atoms with Crippen LogP contribution in [0.4, 0.5) is 5.13 Å². The Morgan fingerprint density at radius 1 is 1.38 bits per heavy atom. The Morgan fingerprint density at radius 2 is 2.19 bits per heavy atom. The predicted molar refractivity (Wildman–Crippen MR) is 133 cm³/mol. The van der Waals surface area contributed by atoms with Crippen molar-refractivity contribution in [1.29, 1.82) is 0 Å². The quantitative estimate of drug-likeness (QED) is 0.152. The highest BCUT2D eigenvalue weighted by atomic mass is 32.2. The van der Waals surface area contributed by atoms with Crippen molar-refractivity contribution >= 4 is 62.6 Å². The van der Waals surface area contributed by atoms with Crippen LogP contribution in [0, 0.1) is 0 Å². The number of nitrogen functional groups attached to an aromatic ring is 1. The van der Waals surface area contributed by atoms with Crippen molar-refractivity contribution in [1.82, 2.24) is 15.2 Å². The van der Waals surface area contributed by atoms with E-state index in [9.17, 15) is 24.6 Å². The lowest BCUT2D eigenvalue weighted by Crippen LogP contribution is -2.71. The van der Waals surface area contributed by atoms with Crippen LogP contribution in [0.1, 0.15) is 5.69 Å². The monoisotopic (exact) mass is 540 g/mol. The van der Waals surface area contributed by atoms with Gasteiger partial charge >= 0.3 is 0 Å². The molecule has 0 spiro atoms. The number of aromatic hydroxyl groups is 1. The Labute approximate surface area is 218 Å². The average Bonchev–Trinajstić information content (AvgIpc) is 3.31. The number of carbonyl (C=O) groups excluding carboxylic acids is 3. The molecule has 12 nitrogen and oxygen atoms in total. The highest BCUT2D eigenvalue weighted by Gasteiger charge is 2.53. The Balaban J connectivity index is 1.39. The summed E-state index contributed by atoms with van der Waals surface area (Å²) in [5.74, 6) is -2.39. The molecule has 0 aliphatic carbocycles. The molecule has 4 N–H and O–H groups in total. The van der Waals surface area contributed by atoms with E-state index >= 15 is 0 Å². The number of aromatic nitrogens is 2. The van der Waals surface area contributed by atoms with Gasteiger partial charge in [0.1, 0.15) is 30.0 Å². The smallest absolute Gasteiger partial charge is 0.276 e. The molecule has 14 heteroatoms. The van der Waals surface area contributed by atoms with Crippen LogP contribution in [0.5, 0.6) is 5.75 Å². The van der Waals surface area contributed by atoms with Crippen molar-refractivity contribution in [2.24, 2.45) is 5.16 Å². The van der Waals surface area contributed by atoms with Crippen molar-refractivity contribution in [2.45, 2.75) is 18.0 Å². The van der Waals surface area contributed by atoms with Gasteiger partial charge < -0.3 is 30.9 Å². The number of fused-ring (bicyclic) bond motifs is 2. The number of pyridine rings is 1. The van der Waals surface area contributed by atoms with Gasteiger partial charge in [0.2, 0.25) is 5.52 Å². The number of β-lactam (4-membered cyclic amide) rings is 1. The van der Waals surface area contributed by atoms with E-state index in [1.807, 2.05) is 6.07 Å². The molecule has 2 aliphatic rings. The number of anilines is 1. The summed E-state index contributed by atoms with van der Waals surface area (Å²) in [5.41, 5.74) is 6.63. The van der Waals surface area contributed by atoms with Gasteiger partial charge in [-0.3, -0.25) is 14.5 Å². The number of benzene rings is 1. The molecule has 2 atom stereocenters. The molecule has 2 aromatic heterocycles. The lowest BCUT2D eigenvalue weighted by atomic mass is 10.0. The Bertz CT molecular complexity index is 1500. The van der Waals surface area contributed by atoms with E-state index in [2.05, 4.69) is 15.5 Å². The van der Waals surface area contributed by atoms with Crippen molar-refractivity contribution in [2.75, 3.05) is 18.6 Å². The zero-order chi connectivity index (χ0) is 26.3. The van der Waals surface area contributed by atoms with Gasteiger partial charge in [-0.25, -0.2) is 4.98 Å². The number of nitrogens with one attached hydrogen (secondary N) is 1. The fourth-order valence-electron chi connectivity index (χ4n) is 4.32. The van der Waals surface area contributed by atoms with Crippen molar-refractivity contribution in [3.05, 3.63) is 58.9 Å². The van der Waals surface area contributed by atoms with Crippen LogP contribution in [-0.2, 0) is 25.8 Å². The zero-order valence-corrected chi connectivity index (χ0v) is 20.9. The number of oxime groups is 1. The number of nitrogens with two attached hydrogens (primary N) is 1.